The summed E-state index contributed by atoms with van der Waals surface area (Å²) in [5.41, 5.74) is 2.92. The fourth-order valence-corrected chi connectivity index (χ4v) is 2.92. The van der Waals surface area contributed by atoms with E-state index in [1.807, 2.05) is 0 Å². The molecular weight excluding hydrogens is 196 g/mol. The Hall–Kier alpha value is -0.980. The number of hydrogen-bond donors (Lipinski definition) is 0. The van der Waals surface area contributed by atoms with E-state index in [-0.39, 0.29) is 0 Å². The van der Waals surface area contributed by atoms with E-state index in [2.05, 4.69) is 32.0 Å². The molecule has 0 N–H and O–H groups in total. The molecule has 2 unspecified atom stereocenters. The molecule has 1 aliphatic rings. The molecule has 0 bridgehead atoms. The molecule has 1 nitrogen and oxygen atoms in total. The molecule has 0 aliphatic heterocycles. The van der Waals surface area contributed by atoms with Crippen LogP contribution in [-0.2, 0) is 0 Å². The first-order valence-corrected chi connectivity index (χ1v) is 6.37. The molecule has 88 valence electrons. The first kappa shape index (κ1) is 11.5. The van der Waals surface area contributed by atoms with E-state index in [1.165, 1.54) is 36.8 Å². The highest BCUT2D eigenvalue weighted by Crippen LogP contribution is 2.39. The van der Waals surface area contributed by atoms with E-state index in [9.17, 15) is 0 Å². The van der Waals surface area contributed by atoms with E-state index >= 15 is 0 Å². The fourth-order valence-electron chi connectivity index (χ4n) is 2.92. The summed E-state index contributed by atoms with van der Waals surface area (Å²) in [4.78, 5) is 0. The second-order valence-electron chi connectivity index (χ2n) is 5.09. The van der Waals surface area contributed by atoms with Crippen LogP contribution in [0.4, 0.5) is 0 Å². The van der Waals surface area contributed by atoms with Gasteiger partial charge in [-0.25, -0.2) is 0 Å². The number of hydrogen-bond acceptors (Lipinski definition) is 1. The van der Waals surface area contributed by atoms with E-state index in [1.54, 1.807) is 7.11 Å². The lowest BCUT2D eigenvalue weighted by Gasteiger charge is -2.30. The van der Waals surface area contributed by atoms with Gasteiger partial charge in [0.25, 0.3) is 0 Å². The number of aryl methyl sites for hydroxylation is 1. The van der Waals surface area contributed by atoms with Gasteiger partial charge < -0.3 is 4.74 Å². The Morgan fingerprint density at radius 1 is 1.19 bits per heavy atom. The second kappa shape index (κ2) is 4.90. The van der Waals surface area contributed by atoms with Crippen LogP contribution in [0.15, 0.2) is 18.2 Å². The Kier molecular flexibility index (Phi) is 3.52. The molecule has 1 aromatic rings. The van der Waals surface area contributed by atoms with Gasteiger partial charge >= 0.3 is 0 Å². The first-order chi connectivity index (χ1) is 7.72. The maximum absolute atomic E-state index is 5.34. The van der Waals surface area contributed by atoms with Crippen molar-refractivity contribution in [1.82, 2.24) is 0 Å². The average molecular weight is 218 g/mol. The van der Waals surface area contributed by atoms with Crippen LogP contribution >= 0.6 is 0 Å². The highest BCUT2D eigenvalue weighted by Gasteiger charge is 2.24. The molecule has 0 radical (unpaired) electrons. The minimum Gasteiger partial charge on any atom is -0.497 e. The summed E-state index contributed by atoms with van der Waals surface area (Å²) in [6.45, 7) is 4.61. The largest absolute Gasteiger partial charge is 0.497 e. The summed E-state index contributed by atoms with van der Waals surface area (Å²) >= 11 is 0. The zero-order valence-electron chi connectivity index (χ0n) is 10.6. The van der Waals surface area contributed by atoms with Crippen LogP contribution in [0.5, 0.6) is 5.75 Å². The van der Waals surface area contributed by atoms with Crippen molar-refractivity contribution in [1.29, 1.82) is 0 Å². The molecule has 2 atom stereocenters. The van der Waals surface area contributed by atoms with Crippen LogP contribution in [0.1, 0.15) is 49.7 Å². The molecule has 0 aromatic heterocycles. The summed E-state index contributed by atoms with van der Waals surface area (Å²) in [6, 6.07) is 6.49. The summed E-state index contributed by atoms with van der Waals surface area (Å²) < 4.78 is 5.34. The normalized spacial score (nSPS) is 25.4. The van der Waals surface area contributed by atoms with Crippen molar-refractivity contribution >= 4 is 0 Å². The van der Waals surface area contributed by atoms with E-state index < -0.39 is 0 Å². The predicted molar refractivity (Wildman–Crippen MR) is 68.1 cm³/mol. The highest BCUT2D eigenvalue weighted by atomic mass is 16.5. The summed E-state index contributed by atoms with van der Waals surface area (Å²) in [6.07, 6.45) is 5.50. The van der Waals surface area contributed by atoms with Gasteiger partial charge in [-0.05, 0) is 48.4 Å². The highest BCUT2D eigenvalue weighted by molar-refractivity contribution is 5.37. The zero-order valence-corrected chi connectivity index (χ0v) is 10.6. The number of ether oxygens (including phenoxy) is 1. The lowest BCUT2D eigenvalue weighted by molar-refractivity contribution is 0.328. The second-order valence-corrected chi connectivity index (χ2v) is 5.09. The molecule has 0 amide bonds. The van der Waals surface area contributed by atoms with Gasteiger partial charge in [-0.3, -0.25) is 0 Å². The van der Waals surface area contributed by atoms with Gasteiger partial charge in [0, 0.05) is 0 Å². The molecule has 16 heavy (non-hydrogen) atoms. The molecule has 2 rings (SSSR count). The van der Waals surface area contributed by atoms with Crippen LogP contribution in [0.3, 0.4) is 0 Å². The topological polar surface area (TPSA) is 9.23 Å². The van der Waals surface area contributed by atoms with Gasteiger partial charge in [-0.1, -0.05) is 32.3 Å². The summed E-state index contributed by atoms with van der Waals surface area (Å²) in [5, 5.41) is 0. The van der Waals surface area contributed by atoms with Gasteiger partial charge in [0.15, 0.2) is 0 Å². The van der Waals surface area contributed by atoms with Crippen LogP contribution in [0.2, 0.25) is 0 Å². The Morgan fingerprint density at radius 2 is 1.94 bits per heavy atom. The van der Waals surface area contributed by atoms with E-state index in [0.29, 0.717) is 0 Å². The van der Waals surface area contributed by atoms with Crippen molar-refractivity contribution in [2.45, 2.75) is 45.4 Å². The minimum absolute atomic E-state index is 0.740. The summed E-state index contributed by atoms with van der Waals surface area (Å²) in [7, 11) is 1.75. The average Bonchev–Trinajstić information content (AvgIpc) is 2.31. The smallest absolute Gasteiger partial charge is 0.119 e. The van der Waals surface area contributed by atoms with Crippen molar-refractivity contribution in [2.75, 3.05) is 7.11 Å². The molecule has 1 fully saturated rings. The summed E-state index contributed by atoms with van der Waals surface area (Å²) in [5.74, 6) is 2.56. The Labute approximate surface area is 98.8 Å². The predicted octanol–water partition coefficient (Wildman–Crippen LogP) is 4.30. The molecule has 1 saturated carbocycles. The SMILES string of the molecule is COc1ccc(C)c(C2CCCCC2C)c1. The molecule has 0 saturated heterocycles. The molecule has 1 aromatic carbocycles. The Morgan fingerprint density at radius 3 is 2.62 bits per heavy atom. The standard InChI is InChI=1S/C15H22O/c1-11-6-4-5-7-14(11)15-10-13(16-3)9-8-12(15)2/h8-11,14H,4-7H2,1-3H3. The fraction of sp³-hybridized carbons (Fsp3) is 0.600. The molecule has 1 heteroatoms. The number of rotatable bonds is 2. The van der Waals surface area contributed by atoms with Crippen LogP contribution in [0.25, 0.3) is 0 Å². The van der Waals surface area contributed by atoms with Gasteiger partial charge in [-0.15, -0.1) is 0 Å². The molecule has 0 spiro atoms. The minimum atomic E-state index is 0.740. The lowest BCUT2D eigenvalue weighted by atomic mass is 9.75. The van der Waals surface area contributed by atoms with Crippen LogP contribution in [-0.4, -0.2) is 7.11 Å². The Bertz CT molecular complexity index is 356. The van der Waals surface area contributed by atoms with Crippen molar-refractivity contribution < 1.29 is 4.74 Å². The third kappa shape index (κ3) is 2.23. The Balaban J connectivity index is 2.30. The van der Waals surface area contributed by atoms with Crippen LogP contribution in [0, 0.1) is 12.8 Å². The number of methoxy groups -OCH3 is 1. The van der Waals surface area contributed by atoms with Gasteiger partial charge in [0.2, 0.25) is 0 Å². The third-order valence-electron chi connectivity index (χ3n) is 4.00. The lowest BCUT2D eigenvalue weighted by Crippen LogP contribution is -2.15. The van der Waals surface area contributed by atoms with Crippen molar-refractivity contribution in [3.05, 3.63) is 29.3 Å². The monoisotopic (exact) mass is 218 g/mol. The van der Waals surface area contributed by atoms with Crippen LogP contribution < -0.4 is 4.74 Å². The van der Waals surface area contributed by atoms with E-state index in [4.69, 9.17) is 4.74 Å². The first-order valence-electron chi connectivity index (χ1n) is 6.37. The maximum Gasteiger partial charge on any atom is 0.119 e. The van der Waals surface area contributed by atoms with Gasteiger partial charge in [0.1, 0.15) is 5.75 Å². The molecule has 1 aliphatic carbocycles. The van der Waals surface area contributed by atoms with Crippen molar-refractivity contribution in [3.8, 4) is 5.75 Å². The third-order valence-corrected chi connectivity index (χ3v) is 4.00. The van der Waals surface area contributed by atoms with E-state index in [0.717, 1.165) is 17.6 Å². The zero-order chi connectivity index (χ0) is 11.5. The van der Waals surface area contributed by atoms with Crippen molar-refractivity contribution in [3.63, 3.8) is 0 Å². The number of benzene rings is 1. The maximum atomic E-state index is 5.34. The van der Waals surface area contributed by atoms with Crippen molar-refractivity contribution in [2.24, 2.45) is 5.92 Å². The quantitative estimate of drug-likeness (QED) is 0.719. The molecule has 0 heterocycles. The van der Waals surface area contributed by atoms with Gasteiger partial charge in [-0.2, -0.15) is 0 Å². The van der Waals surface area contributed by atoms with Gasteiger partial charge in [0.05, 0.1) is 7.11 Å². The molecular formula is C15H22O.